The SMILES string of the molecule is CCC(C)C1NC(CC(C)C)N(C2CCCSC2)C1=O. The normalized spacial score (nSPS) is 33.0. The Morgan fingerprint density at radius 3 is 2.70 bits per heavy atom. The van der Waals surface area contributed by atoms with Gasteiger partial charge in [0.1, 0.15) is 0 Å². The predicted octanol–water partition coefficient (Wildman–Crippen LogP) is 3.10. The van der Waals surface area contributed by atoms with Crippen molar-refractivity contribution in [3.05, 3.63) is 0 Å². The van der Waals surface area contributed by atoms with Gasteiger partial charge in [0.05, 0.1) is 12.2 Å². The Balaban J connectivity index is 2.12. The number of carbonyl (C=O) groups is 1. The molecule has 2 heterocycles. The molecule has 4 heteroatoms. The summed E-state index contributed by atoms with van der Waals surface area (Å²) in [5.74, 6) is 3.79. The van der Waals surface area contributed by atoms with Crippen LogP contribution in [0.25, 0.3) is 0 Å². The minimum atomic E-state index is 0.0377. The van der Waals surface area contributed by atoms with Gasteiger partial charge in [-0.2, -0.15) is 11.8 Å². The third-order valence-corrected chi connectivity index (χ3v) is 5.86. The van der Waals surface area contributed by atoms with E-state index in [1.165, 1.54) is 18.6 Å². The van der Waals surface area contributed by atoms with E-state index in [1.54, 1.807) is 0 Å². The molecule has 0 saturated carbocycles. The van der Waals surface area contributed by atoms with Crippen molar-refractivity contribution in [2.75, 3.05) is 11.5 Å². The first-order valence-corrected chi connectivity index (χ1v) is 9.36. The molecule has 0 aliphatic carbocycles. The number of nitrogens with one attached hydrogen (secondary N) is 1. The average molecular weight is 298 g/mol. The molecule has 2 aliphatic rings. The highest BCUT2D eigenvalue weighted by atomic mass is 32.2. The molecule has 116 valence electrons. The molecule has 0 aromatic heterocycles. The van der Waals surface area contributed by atoms with Crippen molar-refractivity contribution in [3.8, 4) is 0 Å². The van der Waals surface area contributed by atoms with E-state index in [0.29, 0.717) is 23.8 Å². The van der Waals surface area contributed by atoms with Crippen LogP contribution in [0.4, 0.5) is 0 Å². The second-order valence-corrected chi connectivity index (χ2v) is 7.94. The van der Waals surface area contributed by atoms with E-state index < -0.39 is 0 Å². The highest BCUT2D eigenvalue weighted by Gasteiger charge is 2.44. The van der Waals surface area contributed by atoms with Gasteiger partial charge in [0.2, 0.25) is 5.91 Å². The van der Waals surface area contributed by atoms with E-state index in [-0.39, 0.29) is 12.2 Å². The van der Waals surface area contributed by atoms with Gasteiger partial charge >= 0.3 is 0 Å². The minimum Gasteiger partial charge on any atom is -0.322 e. The summed E-state index contributed by atoms with van der Waals surface area (Å²) in [7, 11) is 0. The maximum absolute atomic E-state index is 12.9. The summed E-state index contributed by atoms with van der Waals surface area (Å²) in [5.41, 5.74) is 0. The number of carbonyl (C=O) groups excluding carboxylic acids is 1. The van der Waals surface area contributed by atoms with E-state index in [1.807, 2.05) is 11.8 Å². The molecule has 0 aromatic carbocycles. The van der Waals surface area contributed by atoms with Crippen LogP contribution in [0.3, 0.4) is 0 Å². The molecule has 3 nitrogen and oxygen atoms in total. The largest absolute Gasteiger partial charge is 0.322 e. The molecule has 0 radical (unpaired) electrons. The van der Waals surface area contributed by atoms with Crippen molar-refractivity contribution in [2.45, 2.75) is 71.6 Å². The second kappa shape index (κ2) is 7.17. The summed E-state index contributed by atoms with van der Waals surface area (Å²) >= 11 is 2.01. The third-order valence-electron chi connectivity index (χ3n) is 4.67. The van der Waals surface area contributed by atoms with Crippen LogP contribution in [0.1, 0.15) is 53.4 Å². The molecule has 0 spiro atoms. The van der Waals surface area contributed by atoms with Crippen LogP contribution in [0.2, 0.25) is 0 Å². The van der Waals surface area contributed by atoms with Crippen molar-refractivity contribution < 1.29 is 4.79 Å². The van der Waals surface area contributed by atoms with Gasteiger partial charge in [-0.1, -0.05) is 34.1 Å². The lowest BCUT2D eigenvalue weighted by Crippen LogP contribution is -2.47. The Morgan fingerprint density at radius 1 is 1.40 bits per heavy atom. The summed E-state index contributed by atoms with van der Waals surface area (Å²) in [4.78, 5) is 15.1. The van der Waals surface area contributed by atoms with Crippen molar-refractivity contribution in [1.29, 1.82) is 0 Å². The molecule has 1 N–H and O–H groups in total. The number of hydrogen-bond donors (Lipinski definition) is 1. The lowest BCUT2D eigenvalue weighted by molar-refractivity contribution is -0.133. The fourth-order valence-electron chi connectivity index (χ4n) is 3.32. The van der Waals surface area contributed by atoms with Crippen LogP contribution in [-0.4, -0.2) is 40.6 Å². The Bertz CT molecular complexity index is 328. The molecule has 0 bridgehead atoms. The van der Waals surface area contributed by atoms with Gasteiger partial charge in [-0.05, 0) is 36.9 Å². The van der Waals surface area contributed by atoms with Gasteiger partial charge in [-0.3, -0.25) is 10.1 Å². The fourth-order valence-corrected chi connectivity index (χ4v) is 4.46. The van der Waals surface area contributed by atoms with E-state index in [4.69, 9.17) is 0 Å². The van der Waals surface area contributed by atoms with Crippen molar-refractivity contribution in [1.82, 2.24) is 10.2 Å². The summed E-state index contributed by atoms with van der Waals surface area (Å²) in [6.07, 6.45) is 4.82. The maximum atomic E-state index is 12.9. The number of rotatable bonds is 5. The summed E-state index contributed by atoms with van der Waals surface area (Å²) < 4.78 is 0. The lowest BCUT2D eigenvalue weighted by Gasteiger charge is -2.35. The summed E-state index contributed by atoms with van der Waals surface area (Å²) in [5, 5.41) is 3.64. The van der Waals surface area contributed by atoms with Gasteiger partial charge in [0, 0.05) is 11.8 Å². The van der Waals surface area contributed by atoms with Crippen LogP contribution in [-0.2, 0) is 4.79 Å². The predicted molar refractivity (Wildman–Crippen MR) is 86.8 cm³/mol. The van der Waals surface area contributed by atoms with Crippen LogP contribution in [0, 0.1) is 11.8 Å². The van der Waals surface area contributed by atoms with E-state index in [0.717, 1.165) is 18.6 Å². The number of nitrogens with zero attached hydrogens (tertiary/aromatic N) is 1. The number of thioether (sulfide) groups is 1. The monoisotopic (exact) mass is 298 g/mol. The summed E-state index contributed by atoms with van der Waals surface area (Å²) in [6, 6.07) is 0.488. The van der Waals surface area contributed by atoms with Gasteiger partial charge in [-0.25, -0.2) is 0 Å². The standard InChI is InChI=1S/C16H30N2OS/c1-5-12(4)15-16(19)18(13-7-6-8-20-10-13)14(17-15)9-11(2)3/h11-15,17H,5-10H2,1-4H3. The van der Waals surface area contributed by atoms with Crippen LogP contribution < -0.4 is 5.32 Å². The molecular formula is C16H30N2OS. The quantitative estimate of drug-likeness (QED) is 0.846. The number of hydrogen-bond acceptors (Lipinski definition) is 3. The maximum Gasteiger partial charge on any atom is 0.241 e. The first kappa shape index (κ1) is 16.2. The van der Waals surface area contributed by atoms with Crippen molar-refractivity contribution in [2.24, 2.45) is 11.8 Å². The zero-order valence-corrected chi connectivity index (χ0v) is 14.2. The fraction of sp³-hybridized carbons (Fsp3) is 0.938. The van der Waals surface area contributed by atoms with Crippen LogP contribution in [0.15, 0.2) is 0 Å². The van der Waals surface area contributed by atoms with E-state index in [9.17, 15) is 4.79 Å². The van der Waals surface area contributed by atoms with Crippen molar-refractivity contribution >= 4 is 17.7 Å². The Hall–Kier alpha value is -0.220. The molecule has 20 heavy (non-hydrogen) atoms. The number of amides is 1. The zero-order valence-electron chi connectivity index (χ0n) is 13.4. The van der Waals surface area contributed by atoms with Gasteiger partial charge in [0.15, 0.2) is 0 Å². The molecule has 0 aromatic rings. The molecule has 2 fully saturated rings. The van der Waals surface area contributed by atoms with Crippen LogP contribution >= 0.6 is 11.8 Å². The summed E-state index contributed by atoms with van der Waals surface area (Å²) in [6.45, 7) is 8.87. The Kier molecular flexibility index (Phi) is 5.79. The smallest absolute Gasteiger partial charge is 0.241 e. The molecule has 4 unspecified atom stereocenters. The van der Waals surface area contributed by atoms with E-state index in [2.05, 4.69) is 37.9 Å². The molecular weight excluding hydrogens is 268 g/mol. The highest BCUT2D eigenvalue weighted by molar-refractivity contribution is 7.99. The lowest BCUT2D eigenvalue weighted by atomic mass is 9.99. The molecule has 2 rings (SSSR count). The second-order valence-electron chi connectivity index (χ2n) is 6.79. The zero-order chi connectivity index (χ0) is 14.7. The molecule has 2 aliphatic heterocycles. The Labute approximate surface area is 128 Å². The molecule has 4 atom stereocenters. The van der Waals surface area contributed by atoms with Gasteiger partial charge < -0.3 is 4.90 Å². The van der Waals surface area contributed by atoms with E-state index >= 15 is 0 Å². The Morgan fingerprint density at radius 2 is 2.15 bits per heavy atom. The first-order chi connectivity index (χ1) is 9.54. The molecule has 1 amide bonds. The average Bonchev–Trinajstić information content (AvgIpc) is 2.75. The van der Waals surface area contributed by atoms with Gasteiger partial charge in [-0.15, -0.1) is 0 Å². The first-order valence-electron chi connectivity index (χ1n) is 8.20. The highest BCUT2D eigenvalue weighted by Crippen LogP contribution is 2.30. The third kappa shape index (κ3) is 3.51. The molecule has 2 saturated heterocycles. The van der Waals surface area contributed by atoms with Gasteiger partial charge in [0.25, 0.3) is 0 Å². The van der Waals surface area contributed by atoms with Crippen molar-refractivity contribution in [3.63, 3.8) is 0 Å². The van der Waals surface area contributed by atoms with Crippen LogP contribution in [0.5, 0.6) is 0 Å². The topological polar surface area (TPSA) is 32.3 Å². The minimum absolute atomic E-state index is 0.0377.